The summed E-state index contributed by atoms with van der Waals surface area (Å²) >= 11 is 0. The molecular formula is C23H33NO3. The molecule has 4 heteroatoms. The maximum absolute atomic E-state index is 12.6. The van der Waals surface area contributed by atoms with E-state index in [0.29, 0.717) is 23.8 Å². The van der Waals surface area contributed by atoms with Gasteiger partial charge in [0.05, 0.1) is 25.7 Å². The third-order valence-corrected chi connectivity index (χ3v) is 8.14. The first kappa shape index (κ1) is 18.9. The zero-order valence-corrected chi connectivity index (χ0v) is 17.3. The smallest absolute Gasteiger partial charge is 0.311 e. The zero-order chi connectivity index (χ0) is 19.3. The van der Waals surface area contributed by atoms with Gasteiger partial charge in [-0.3, -0.25) is 4.79 Å². The van der Waals surface area contributed by atoms with Gasteiger partial charge in [0, 0.05) is 11.5 Å². The summed E-state index contributed by atoms with van der Waals surface area (Å²) in [4.78, 5) is 15.1. The number of hydrogen-bond donors (Lipinski definition) is 0. The molecular weight excluding hydrogens is 338 g/mol. The van der Waals surface area contributed by atoms with Crippen LogP contribution in [-0.4, -0.2) is 50.3 Å². The Balaban J connectivity index is 1.79. The van der Waals surface area contributed by atoms with Crippen molar-refractivity contribution in [2.45, 2.75) is 51.2 Å². The first-order chi connectivity index (χ1) is 12.9. The molecule has 1 aromatic carbocycles. The maximum Gasteiger partial charge on any atom is 0.311 e. The van der Waals surface area contributed by atoms with Crippen molar-refractivity contribution >= 4 is 5.97 Å². The average molecular weight is 372 g/mol. The quantitative estimate of drug-likeness (QED) is 0.747. The number of nitrogens with zero attached hydrogens (tertiary/aromatic N) is 1. The van der Waals surface area contributed by atoms with Crippen molar-refractivity contribution in [3.8, 4) is 0 Å². The summed E-state index contributed by atoms with van der Waals surface area (Å²) < 4.78 is 11.3. The van der Waals surface area contributed by atoms with E-state index in [9.17, 15) is 4.79 Å². The largest absolute Gasteiger partial charge is 0.469 e. The molecule has 4 rings (SSSR count). The van der Waals surface area contributed by atoms with E-state index in [0.717, 1.165) is 19.6 Å². The Morgan fingerprint density at radius 2 is 2.00 bits per heavy atom. The molecule has 0 spiro atoms. The Morgan fingerprint density at radius 1 is 1.26 bits per heavy atom. The van der Waals surface area contributed by atoms with E-state index in [4.69, 9.17) is 9.47 Å². The second-order valence-corrected chi connectivity index (χ2v) is 9.04. The molecule has 0 N–H and O–H groups in total. The highest BCUT2D eigenvalue weighted by atomic mass is 16.5. The van der Waals surface area contributed by atoms with Crippen molar-refractivity contribution in [1.82, 2.24) is 4.90 Å². The normalized spacial score (nSPS) is 41.7. The van der Waals surface area contributed by atoms with E-state index in [2.05, 4.69) is 50.1 Å². The molecule has 2 aliphatic heterocycles. The molecule has 3 aliphatic rings. The molecule has 2 heterocycles. The van der Waals surface area contributed by atoms with Crippen molar-refractivity contribution in [3.05, 3.63) is 35.4 Å². The van der Waals surface area contributed by atoms with Crippen molar-refractivity contribution < 1.29 is 14.3 Å². The second kappa shape index (κ2) is 6.89. The van der Waals surface area contributed by atoms with Gasteiger partial charge in [-0.1, -0.05) is 31.2 Å². The number of carbonyl (C=O) groups excluding carboxylic acids is 1. The van der Waals surface area contributed by atoms with Gasteiger partial charge >= 0.3 is 5.97 Å². The SMILES string of the molecule is COC(=O)[C@@H]1[C@@H]2C[C@@H]3N(C)CCC3(c3ccccc3C)[C@@H](C)[C@@H]2CO[C@@H]1C. The molecule has 27 heavy (non-hydrogen) atoms. The van der Waals surface area contributed by atoms with E-state index in [1.807, 2.05) is 6.92 Å². The van der Waals surface area contributed by atoms with Crippen molar-refractivity contribution in [2.24, 2.45) is 23.7 Å². The summed E-state index contributed by atoms with van der Waals surface area (Å²) in [5, 5.41) is 0. The molecule has 0 amide bonds. The molecule has 7 atom stereocenters. The van der Waals surface area contributed by atoms with Crippen LogP contribution in [0.2, 0.25) is 0 Å². The third kappa shape index (κ3) is 2.67. The highest BCUT2D eigenvalue weighted by molar-refractivity contribution is 5.73. The Bertz CT molecular complexity index is 719. The summed E-state index contributed by atoms with van der Waals surface area (Å²) in [5.41, 5.74) is 3.03. The number of methoxy groups -OCH3 is 1. The number of likely N-dealkylation sites (N-methyl/N-ethyl adjacent to an activating group) is 1. The third-order valence-electron chi connectivity index (χ3n) is 8.14. The molecule has 148 valence electrons. The maximum atomic E-state index is 12.6. The van der Waals surface area contributed by atoms with E-state index in [1.165, 1.54) is 24.7 Å². The Morgan fingerprint density at radius 3 is 2.70 bits per heavy atom. The Labute approximate surface area is 163 Å². The molecule has 1 unspecified atom stereocenters. The minimum atomic E-state index is -0.153. The lowest BCUT2D eigenvalue weighted by Crippen LogP contribution is -2.60. The zero-order valence-electron chi connectivity index (χ0n) is 17.3. The summed E-state index contributed by atoms with van der Waals surface area (Å²) in [5.74, 6) is 0.937. The second-order valence-electron chi connectivity index (χ2n) is 9.04. The van der Waals surface area contributed by atoms with Crippen molar-refractivity contribution in [3.63, 3.8) is 0 Å². The van der Waals surface area contributed by atoms with Gasteiger partial charge in [0.25, 0.3) is 0 Å². The molecule has 0 radical (unpaired) electrons. The van der Waals surface area contributed by atoms with Crippen LogP contribution in [0.3, 0.4) is 0 Å². The monoisotopic (exact) mass is 371 g/mol. The van der Waals surface area contributed by atoms with E-state index in [-0.39, 0.29) is 23.4 Å². The molecule has 1 aromatic rings. The van der Waals surface area contributed by atoms with Crippen LogP contribution in [0, 0.1) is 30.6 Å². The van der Waals surface area contributed by atoms with E-state index >= 15 is 0 Å². The number of ether oxygens (including phenoxy) is 2. The number of esters is 1. The predicted octanol–water partition coefficient (Wildman–Crippen LogP) is 3.42. The van der Waals surface area contributed by atoms with Gasteiger partial charge in [0.2, 0.25) is 0 Å². The number of benzene rings is 1. The number of aryl methyl sites for hydroxylation is 1. The van der Waals surface area contributed by atoms with Gasteiger partial charge in [-0.05, 0) is 69.2 Å². The van der Waals surface area contributed by atoms with Crippen LogP contribution < -0.4 is 0 Å². The van der Waals surface area contributed by atoms with Crippen LogP contribution in [0.1, 0.15) is 37.8 Å². The molecule has 3 fully saturated rings. The molecule has 4 nitrogen and oxygen atoms in total. The molecule has 1 aliphatic carbocycles. The van der Waals surface area contributed by atoms with E-state index in [1.54, 1.807) is 0 Å². The fourth-order valence-corrected chi connectivity index (χ4v) is 6.74. The molecule has 0 aromatic heterocycles. The van der Waals surface area contributed by atoms with Crippen molar-refractivity contribution in [2.75, 3.05) is 27.3 Å². The van der Waals surface area contributed by atoms with Gasteiger partial charge in [-0.25, -0.2) is 0 Å². The van der Waals surface area contributed by atoms with E-state index < -0.39 is 0 Å². The standard InChI is InChI=1S/C23H33NO3/c1-14-8-6-7-9-19(14)23-10-11-24(4)20(23)12-17-18(15(23)2)13-27-16(3)21(17)22(25)26-5/h6-9,15-18,20-21H,10-13H2,1-5H3/t15-,16+,17+,18-,20-,21-,23?/m0/s1. The van der Waals surface area contributed by atoms with Crippen LogP contribution in [-0.2, 0) is 19.7 Å². The van der Waals surface area contributed by atoms with Gasteiger partial charge in [0.1, 0.15) is 0 Å². The minimum Gasteiger partial charge on any atom is -0.469 e. The topological polar surface area (TPSA) is 38.8 Å². The number of fused-ring (bicyclic) bond motifs is 2. The van der Waals surface area contributed by atoms with Gasteiger partial charge in [-0.15, -0.1) is 0 Å². The number of carbonyl (C=O) groups is 1. The highest BCUT2D eigenvalue weighted by Crippen LogP contribution is 2.58. The number of likely N-dealkylation sites (tertiary alicyclic amines) is 1. The van der Waals surface area contributed by atoms with Crippen LogP contribution in [0.5, 0.6) is 0 Å². The molecule has 2 saturated heterocycles. The fraction of sp³-hybridized carbons (Fsp3) is 0.696. The predicted molar refractivity (Wildman–Crippen MR) is 106 cm³/mol. The lowest BCUT2D eigenvalue weighted by Gasteiger charge is -2.57. The van der Waals surface area contributed by atoms with Gasteiger partial charge in [0.15, 0.2) is 0 Å². The van der Waals surface area contributed by atoms with Crippen LogP contribution >= 0.6 is 0 Å². The fourth-order valence-electron chi connectivity index (χ4n) is 6.74. The lowest BCUT2D eigenvalue weighted by molar-refractivity contribution is -0.176. The molecule has 1 saturated carbocycles. The highest BCUT2D eigenvalue weighted by Gasteiger charge is 2.61. The van der Waals surface area contributed by atoms with Gasteiger partial charge in [-0.2, -0.15) is 0 Å². The first-order valence-corrected chi connectivity index (χ1v) is 10.4. The number of hydrogen-bond acceptors (Lipinski definition) is 4. The average Bonchev–Trinajstić information content (AvgIpc) is 2.99. The lowest BCUT2D eigenvalue weighted by atomic mass is 9.51. The number of rotatable bonds is 2. The summed E-state index contributed by atoms with van der Waals surface area (Å²) in [6, 6.07) is 9.37. The van der Waals surface area contributed by atoms with Crippen LogP contribution in [0.25, 0.3) is 0 Å². The Hall–Kier alpha value is -1.39. The first-order valence-electron chi connectivity index (χ1n) is 10.4. The molecule has 0 bridgehead atoms. The van der Waals surface area contributed by atoms with Crippen LogP contribution in [0.15, 0.2) is 24.3 Å². The van der Waals surface area contributed by atoms with Crippen LogP contribution in [0.4, 0.5) is 0 Å². The summed E-state index contributed by atoms with van der Waals surface area (Å²) in [6.07, 6.45) is 2.17. The minimum absolute atomic E-state index is 0.0661. The van der Waals surface area contributed by atoms with Crippen molar-refractivity contribution in [1.29, 1.82) is 0 Å². The Kier molecular flexibility index (Phi) is 4.84. The summed E-state index contributed by atoms with van der Waals surface area (Å²) in [6.45, 7) is 8.55. The summed E-state index contributed by atoms with van der Waals surface area (Å²) in [7, 11) is 3.76. The van der Waals surface area contributed by atoms with Gasteiger partial charge < -0.3 is 14.4 Å².